The van der Waals surface area contributed by atoms with Gasteiger partial charge in [0.2, 0.25) is 5.91 Å². The summed E-state index contributed by atoms with van der Waals surface area (Å²) in [5.41, 5.74) is 0.776. The molecule has 1 aliphatic carbocycles. The Hall–Kier alpha value is -1.80. The molecule has 2 fully saturated rings. The molecular weight excluding hydrogens is 346 g/mol. The van der Waals surface area contributed by atoms with Crippen LogP contribution in [-0.2, 0) is 14.3 Å². The van der Waals surface area contributed by atoms with Gasteiger partial charge in [0.25, 0.3) is 0 Å². The molecule has 22 heavy (non-hydrogen) atoms. The Morgan fingerprint density at radius 2 is 2.09 bits per heavy atom. The molecular formula is C17H16BrNO3. The van der Waals surface area contributed by atoms with Crippen molar-refractivity contribution in [1.29, 1.82) is 0 Å². The van der Waals surface area contributed by atoms with Gasteiger partial charge in [-0.05, 0) is 47.3 Å². The molecule has 1 amide bonds. The number of amides is 1. The maximum Gasteiger partial charge on any atom is 0.319 e. The van der Waals surface area contributed by atoms with Crippen LogP contribution in [0.1, 0.15) is 19.3 Å². The molecule has 4 nitrogen and oxygen atoms in total. The predicted molar refractivity (Wildman–Crippen MR) is 86.0 cm³/mol. The minimum atomic E-state index is -0.748. The number of halogens is 1. The smallest absolute Gasteiger partial charge is 0.319 e. The first-order valence-electron chi connectivity index (χ1n) is 7.34. The standard InChI is InChI=1S/C17H16BrNO3/c1-2-15(11-7-8-11)22-17(21)12-9-10-19(16(12)20)14-6-4-3-5-13(14)18/h1,3-6,11-12,15H,7-10H2/t12-,15-/m1/s1. The van der Waals surface area contributed by atoms with Crippen molar-refractivity contribution in [2.45, 2.75) is 25.4 Å². The predicted octanol–water partition coefficient (Wildman–Crippen LogP) is 2.76. The first-order chi connectivity index (χ1) is 10.6. The summed E-state index contributed by atoms with van der Waals surface area (Å²) in [7, 11) is 0. The number of hydrogen-bond donors (Lipinski definition) is 0. The highest BCUT2D eigenvalue weighted by molar-refractivity contribution is 9.10. The van der Waals surface area contributed by atoms with E-state index in [1.807, 2.05) is 24.3 Å². The van der Waals surface area contributed by atoms with Gasteiger partial charge in [-0.15, -0.1) is 6.42 Å². The summed E-state index contributed by atoms with van der Waals surface area (Å²) in [6.45, 7) is 0.505. The average molecular weight is 362 g/mol. The van der Waals surface area contributed by atoms with Gasteiger partial charge in [-0.3, -0.25) is 9.59 Å². The quantitative estimate of drug-likeness (QED) is 0.470. The van der Waals surface area contributed by atoms with E-state index in [0.717, 1.165) is 23.0 Å². The van der Waals surface area contributed by atoms with Gasteiger partial charge in [-0.25, -0.2) is 0 Å². The van der Waals surface area contributed by atoms with Gasteiger partial charge in [0.05, 0.1) is 5.69 Å². The third-order valence-corrected chi connectivity index (χ3v) is 4.76. The Kier molecular flexibility index (Phi) is 4.21. The topological polar surface area (TPSA) is 46.6 Å². The average Bonchev–Trinajstić information content (AvgIpc) is 3.28. The van der Waals surface area contributed by atoms with Crippen LogP contribution in [0.4, 0.5) is 5.69 Å². The number of hydrogen-bond acceptors (Lipinski definition) is 3. The number of nitrogens with zero attached hydrogens (tertiary/aromatic N) is 1. The molecule has 1 saturated carbocycles. The van der Waals surface area contributed by atoms with Gasteiger partial charge in [0.15, 0.2) is 6.10 Å². The van der Waals surface area contributed by atoms with Crippen LogP contribution in [0.2, 0.25) is 0 Å². The Morgan fingerprint density at radius 3 is 2.73 bits per heavy atom. The van der Waals surface area contributed by atoms with Crippen LogP contribution in [0.25, 0.3) is 0 Å². The van der Waals surface area contributed by atoms with Crippen LogP contribution >= 0.6 is 15.9 Å². The fourth-order valence-electron chi connectivity index (χ4n) is 2.68. The van der Waals surface area contributed by atoms with E-state index in [2.05, 4.69) is 21.9 Å². The lowest BCUT2D eigenvalue weighted by Crippen LogP contribution is -2.33. The molecule has 1 aliphatic heterocycles. The summed E-state index contributed by atoms with van der Waals surface area (Å²) in [6, 6.07) is 7.47. The second-order valence-corrected chi connectivity index (χ2v) is 6.50. The van der Waals surface area contributed by atoms with Gasteiger partial charge in [0.1, 0.15) is 5.92 Å². The van der Waals surface area contributed by atoms with Crippen molar-refractivity contribution in [3.63, 3.8) is 0 Å². The maximum absolute atomic E-state index is 12.5. The van der Waals surface area contributed by atoms with Crippen LogP contribution in [0.15, 0.2) is 28.7 Å². The van der Waals surface area contributed by atoms with E-state index in [0.29, 0.717) is 13.0 Å². The van der Waals surface area contributed by atoms with Crippen LogP contribution in [0.3, 0.4) is 0 Å². The number of terminal acetylenes is 1. The van der Waals surface area contributed by atoms with Crippen molar-refractivity contribution in [2.75, 3.05) is 11.4 Å². The molecule has 0 N–H and O–H groups in total. The van der Waals surface area contributed by atoms with Crippen molar-refractivity contribution in [3.05, 3.63) is 28.7 Å². The van der Waals surface area contributed by atoms with Gasteiger partial charge in [-0.2, -0.15) is 0 Å². The number of esters is 1. The summed E-state index contributed by atoms with van der Waals surface area (Å²) in [5.74, 6) is 1.32. The normalized spacial score (nSPS) is 22.3. The zero-order valence-corrected chi connectivity index (χ0v) is 13.6. The fraction of sp³-hybridized carbons (Fsp3) is 0.412. The van der Waals surface area contributed by atoms with Crippen molar-refractivity contribution < 1.29 is 14.3 Å². The third-order valence-electron chi connectivity index (χ3n) is 4.09. The molecule has 5 heteroatoms. The van der Waals surface area contributed by atoms with Crippen LogP contribution in [-0.4, -0.2) is 24.5 Å². The largest absolute Gasteiger partial charge is 0.448 e. The molecule has 0 radical (unpaired) electrons. The molecule has 2 atom stereocenters. The van der Waals surface area contributed by atoms with Crippen molar-refractivity contribution in [3.8, 4) is 12.3 Å². The van der Waals surface area contributed by atoms with Gasteiger partial charge >= 0.3 is 5.97 Å². The Morgan fingerprint density at radius 1 is 1.36 bits per heavy atom. The number of benzene rings is 1. The Balaban J connectivity index is 1.69. The molecule has 0 bridgehead atoms. The number of para-hydroxylation sites is 1. The summed E-state index contributed by atoms with van der Waals surface area (Å²) in [6.07, 6.45) is 7.36. The van der Waals surface area contributed by atoms with Gasteiger partial charge < -0.3 is 9.64 Å². The number of ether oxygens (including phenoxy) is 1. The molecule has 114 valence electrons. The van der Waals surface area contributed by atoms with Crippen molar-refractivity contribution >= 4 is 33.5 Å². The number of rotatable bonds is 4. The highest BCUT2D eigenvalue weighted by Crippen LogP contribution is 2.36. The van der Waals surface area contributed by atoms with E-state index in [-0.39, 0.29) is 11.8 Å². The second-order valence-electron chi connectivity index (χ2n) is 5.64. The number of carbonyl (C=O) groups is 2. The second kappa shape index (κ2) is 6.13. The van der Waals surface area contributed by atoms with E-state index < -0.39 is 18.0 Å². The molecule has 2 aliphatic rings. The zero-order chi connectivity index (χ0) is 15.7. The van der Waals surface area contributed by atoms with E-state index in [1.165, 1.54) is 0 Å². The van der Waals surface area contributed by atoms with E-state index in [4.69, 9.17) is 11.2 Å². The summed E-state index contributed by atoms with van der Waals surface area (Å²) in [5, 5.41) is 0. The maximum atomic E-state index is 12.5. The minimum absolute atomic E-state index is 0.219. The van der Waals surface area contributed by atoms with Gasteiger partial charge in [-0.1, -0.05) is 18.1 Å². The van der Waals surface area contributed by atoms with Crippen molar-refractivity contribution in [2.24, 2.45) is 11.8 Å². The fourth-order valence-corrected chi connectivity index (χ4v) is 3.18. The summed E-state index contributed by atoms with van der Waals surface area (Å²) >= 11 is 3.43. The molecule has 1 aromatic carbocycles. The van der Waals surface area contributed by atoms with E-state index in [1.54, 1.807) is 4.90 Å². The molecule has 1 heterocycles. The lowest BCUT2D eigenvalue weighted by atomic mass is 10.1. The first kappa shape index (κ1) is 15.1. The minimum Gasteiger partial charge on any atom is -0.448 e. The van der Waals surface area contributed by atoms with Crippen LogP contribution in [0.5, 0.6) is 0 Å². The summed E-state index contributed by atoms with van der Waals surface area (Å²) in [4.78, 5) is 26.4. The Labute approximate surface area is 137 Å². The molecule has 1 aromatic rings. The third kappa shape index (κ3) is 2.89. The highest BCUT2D eigenvalue weighted by atomic mass is 79.9. The molecule has 0 aromatic heterocycles. The molecule has 1 saturated heterocycles. The number of anilines is 1. The highest BCUT2D eigenvalue weighted by Gasteiger charge is 2.41. The van der Waals surface area contributed by atoms with Crippen LogP contribution in [0, 0.1) is 24.2 Å². The zero-order valence-electron chi connectivity index (χ0n) is 12.0. The monoisotopic (exact) mass is 361 g/mol. The Bertz CT molecular complexity index is 648. The van der Waals surface area contributed by atoms with E-state index in [9.17, 15) is 9.59 Å². The first-order valence-corrected chi connectivity index (χ1v) is 8.13. The van der Waals surface area contributed by atoms with Gasteiger partial charge in [0, 0.05) is 16.9 Å². The van der Waals surface area contributed by atoms with Crippen LogP contribution < -0.4 is 4.90 Å². The summed E-state index contributed by atoms with van der Waals surface area (Å²) < 4.78 is 6.19. The number of carbonyl (C=O) groups excluding carboxylic acids is 2. The molecule has 3 rings (SSSR count). The lowest BCUT2D eigenvalue weighted by molar-refractivity contribution is -0.154. The van der Waals surface area contributed by atoms with E-state index >= 15 is 0 Å². The molecule has 0 spiro atoms. The van der Waals surface area contributed by atoms with Crippen molar-refractivity contribution in [1.82, 2.24) is 0 Å². The molecule has 0 unspecified atom stereocenters. The lowest BCUT2D eigenvalue weighted by Gasteiger charge is -2.18. The SMILES string of the molecule is C#C[C@@H](OC(=O)[C@@H]1CCN(c2ccccc2Br)C1=O)C1CC1.